The van der Waals surface area contributed by atoms with Crippen LogP contribution < -0.4 is 4.74 Å². The van der Waals surface area contributed by atoms with Gasteiger partial charge in [-0.2, -0.15) is 0 Å². The van der Waals surface area contributed by atoms with E-state index in [-0.39, 0.29) is 0 Å². The Kier molecular flexibility index (Phi) is 8.10. The van der Waals surface area contributed by atoms with Gasteiger partial charge < -0.3 is 24.3 Å². The van der Waals surface area contributed by atoms with Gasteiger partial charge in [0.05, 0.1) is 12.5 Å². The van der Waals surface area contributed by atoms with Crippen molar-refractivity contribution < 1.29 is 29.0 Å². The fraction of sp³-hybridized carbons (Fsp3) is 0.300. The van der Waals surface area contributed by atoms with Crippen molar-refractivity contribution in [3.8, 4) is 5.75 Å². The van der Waals surface area contributed by atoms with Gasteiger partial charge in [-0.1, -0.05) is 11.6 Å². The summed E-state index contributed by atoms with van der Waals surface area (Å²) < 4.78 is 11.0. The summed E-state index contributed by atoms with van der Waals surface area (Å²) in [5.74, 6) is -1.57. The summed E-state index contributed by atoms with van der Waals surface area (Å²) in [4.78, 5) is 21.4. The summed E-state index contributed by atoms with van der Waals surface area (Å²) in [5.41, 5.74) is 3.53. The Labute approximate surface area is 167 Å². The number of halogens is 1. The molecule has 0 amide bonds. The molecule has 1 aliphatic heterocycles. The quantitative estimate of drug-likeness (QED) is 0.733. The third-order valence-electron chi connectivity index (χ3n) is 4.16. The van der Waals surface area contributed by atoms with Gasteiger partial charge in [0.2, 0.25) is 0 Å². The number of benzene rings is 1. The second-order valence-electron chi connectivity index (χ2n) is 6.24. The van der Waals surface area contributed by atoms with Crippen molar-refractivity contribution in [2.45, 2.75) is 19.4 Å². The van der Waals surface area contributed by atoms with Crippen molar-refractivity contribution in [2.75, 3.05) is 20.1 Å². The van der Waals surface area contributed by atoms with Crippen LogP contribution in [0.4, 0.5) is 0 Å². The van der Waals surface area contributed by atoms with Crippen LogP contribution in [-0.2, 0) is 29.0 Å². The SMILES string of the molecule is CN1CCc2c(Cl)ccc(OCc3ccoc3)c2CC1.O=C(O)C=CC(=O)O. The molecule has 2 N–H and O–H groups in total. The Bertz CT molecular complexity index is 815. The van der Waals surface area contributed by atoms with Crippen molar-refractivity contribution in [2.24, 2.45) is 0 Å². The number of fused-ring (bicyclic) bond motifs is 1. The Morgan fingerprint density at radius 2 is 1.79 bits per heavy atom. The Hall–Kier alpha value is -2.77. The van der Waals surface area contributed by atoms with Crippen LogP contribution in [0.15, 0.2) is 47.3 Å². The molecule has 8 heteroatoms. The van der Waals surface area contributed by atoms with Gasteiger partial charge in [0.15, 0.2) is 0 Å². The van der Waals surface area contributed by atoms with E-state index in [4.69, 9.17) is 31.0 Å². The highest BCUT2D eigenvalue weighted by molar-refractivity contribution is 6.31. The van der Waals surface area contributed by atoms with Crippen molar-refractivity contribution in [3.63, 3.8) is 0 Å². The number of carboxylic acid groups (broad SMARTS) is 2. The van der Waals surface area contributed by atoms with E-state index in [1.165, 1.54) is 11.1 Å². The minimum absolute atomic E-state index is 0.528. The van der Waals surface area contributed by atoms with Gasteiger partial charge in [0.25, 0.3) is 0 Å². The molecule has 0 bridgehead atoms. The molecule has 1 aromatic carbocycles. The minimum Gasteiger partial charge on any atom is -0.488 e. The molecule has 3 rings (SSSR count). The number of furan rings is 1. The summed E-state index contributed by atoms with van der Waals surface area (Å²) in [6.45, 7) is 2.60. The van der Waals surface area contributed by atoms with Crippen molar-refractivity contribution in [1.82, 2.24) is 4.90 Å². The highest BCUT2D eigenvalue weighted by Crippen LogP contribution is 2.32. The molecule has 7 nitrogen and oxygen atoms in total. The lowest BCUT2D eigenvalue weighted by atomic mass is 10.0. The number of hydrogen-bond acceptors (Lipinski definition) is 5. The number of hydrogen-bond donors (Lipinski definition) is 2. The zero-order valence-corrected chi connectivity index (χ0v) is 16.2. The van der Waals surface area contributed by atoms with E-state index in [0.717, 1.165) is 42.3 Å². The molecule has 150 valence electrons. The maximum absolute atomic E-state index is 9.55. The molecule has 0 spiro atoms. The van der Waals surface area contributed by atoms with E-state index in [2.05, 4.69) is 11.9 Å². The van der Waals surface area contributed by atoms with Gasteiger partial charge in [0, 0.05) is 41.4 Å². The molecule has 2 heterocycles. The molecule has 0 unspecified atom stereocenters. The van der Waals surface area contributed by atoms with Crippen LogP contribution in [0.25, 0.3) is 0 Å². The van der Waals surface area contributed by atoms with Crippen LogP contribution in [0.1, 0.15) is 16.7 Å². The van der Waals surface area contributed by atoms with Crippen LogP contribution >= 0.6 is 11.6 Å². The van der Waals surface area contributed by atoms with Crippen LogP contribution in [0.3, 0.4) is 0 Å². The van der Waals surface area contributed by atoms with Crippen molar-refractivity contribution in [1.29, 1.82) is 0 Å². The van der Waals surface area contributed by atoms with E-state index in [1.807, 2.05) is 18.2 Å². The molecule has 1 aliphatic rings. The first kappa shape index (κ1) is 21.5. The van der Waals surface area contributed by atoms with E-state index in [1.54, 1.807) is 12.5 Å². The van der Waals surface area contributed by atoms with E-state index in [0.29, 0.717) is 18.8 Å². The van der Waals surface area contributed by atoms with E-state index < -0.39 is 11.9 Å². The Morgan fingerprint density at radius 3 is 2.36 bits per heavy atom. The lowest BCUT2D eigenvalue weighted by Gasteiger charge is -2.14. The number of ether oxygens (including phenoxy) is 1. The zero-order chi connectivity index (χ0) is 20.5. The molecule has 2 aromatic rings. The lowest BCUT2D eigenvalue weighted by Crippen LogP contribution is -2.20. The van der Waals surface area contributed by atoms with Crippen LogP contribution in [0, 0.1) is 0 Å². The average molecular weight is 408 g/mol. The van der Waals surface area contributed by atoms with Crippen LogP contribution in [-0.4, -0.2) is 47.2 Å². The van der Waals surface area contributed by atoms with Gasteiger partial charge in [-0.3, -0.25) is 0 Å². The van der Waals surface area contributed by atoms with Gasteiger partial charge >= 0.3 is 11.9 Å². The van der Waals surface area contributed by atoms with Crippen molar-refractivity contribution >= 4 is 23.5 Å². The summed E-state index contributed by atoms with van der Waals surface area (Å²) in [7, 11) is 2.14. The number of rotatable bonds is 5. The van der Waals surface area contributed by atoms with Gasteiger partial charge in [-0.05, 0) is 43.7 Å². The number of likely N-dealkylation sites (N-methyl/N-ethyl adjacent to an activating group) is 1. The summed E-state index contributed by atoms with van der Waals surface area (Å²) in [5, 5.41) is 16.5. The topological polar surface area (TPSA) is 100 Å². The average Bonchev–Trinajstić information content (AvgIpc) is 3.09. The number of nitrogens with zero attached hydrogens (tertiary/aromatic N) is 1. The van der Waals surface area contributed by atoms with E-state index in [9.17, 15) is 9.59 Å². The molecule has 1 aromatic heterocycles. The predicted molar refractivity (Wildman–Crippen MR) is 104 cm³/mol. The fourth-order valence-corrected chi connectivity index (χ4v) is 2.99. The zero-order valence-electron chi connectivity index (χ0n) is 15.4. The van der Waals surface area contributed by atoms with Gasteiger partial charge in [-0.25, -0.2) is 9.59 Å². The maximum atomic E-state index is 9.55. The minimum atomic E-state index is -1.26. The molecule has 28 heavy (non-hydrogen) atoms. The second-order valence-corrected chi connectivity index (χ2v) is 6.64. The standard InChI is InChI=1S/C16H18ClNO2.C4H4O4/c1-18-7-4-13-14(5-8-18)16(3-2-15(13)17)20-11-12-6-9-19-10-12;5-3(6)1-2-4(7)8/h2-3,6,9-10H,4-5,7-8,11H2,1H3;1-2H,(H,5,6)(H,7,8). The molecule has 0 saturated carbocycles. The van der Waals surface area contributed by atoms with Crippen LogP contribution in [0.2, 0.25) is 5.02 Å². The second kappa shape index (κ2) is 10.5. The molecule has 0 atom stereocenters. The largest absolute Gasteiger partial charge is 0.488 e. The Morgan fingerprint density at radius 1 is 1.14 bits per heavy atom. The molecule has 0 saturated heterocycles. The van der Waals surface area contributed by atoms with E-state index >= 15 is 0 Å². The molecular formula is C20H22ClNO6. The van der Waals surface area contributed by atoms with Gasteiger partial charge in [-0.15, -0.1) is 0 Å². The highest BCUT2D eigenvalue weighted by atomic mass is 35.5. The monoisotopic (exact) mass is 407 g/mol. The first-order chi connectivity index (χ1) is 13.4. The molecular weight excluding hydrogens is 386 g/mol. The van der Waals surface area contributed by atoms with Crippen molar-refractivity contribution in [3.05, 3.63) is 64.6 Å². The molecule has 0 radical (unpaired) electrons. The first-order valence-electron chi connectivity index (χ1n) is 8.63. The normalized spacial score (nSPS) is 13.9. The van der Waals surface area contributed by atoms with Crippen LogP contribution in [0.5, 0.6) is 5.75 Å². The van der Waals surface area contributed by atoms with Gasteiger partial charge in [0.1, 0.15) is 12.4 Å². The third-order valence-corrected chi connectivity index (χ3v) is 4.52. The summed E-state index contributed by atoms with van der Waals surface area (Å²) >= 11 is 6.35. The fourth-order valence-electron chi connectivity index (χ4n) is 2.72. The number of carbonyl (C=O) groups is 2. The lowest BCUT2D eigenvalue weighted by molar-refractivity contribution is -0.134. The number of carboxylic acids is 2. The molecule has 0 aliphatic carbocycles. The summed E-state index contributed by atoms with van der Waals surface area (Å²) in [6, 6.07) is 5.84. The smallest absolute Gasteiger partial charge is 0.328 e. The predicted octanol–water partition coefficient (Wildman–Crippen LogP) is 3.25. The summed E-state index contributed by atoms with van der Waals surface area (Å²) in [6.07, 6.45) is 6.45. The number of aliphatic carboxylic acids is 2. The highest BCUT2D eigenvalue weighted by Gasteiger charge is 2.18. The molecule has 0 fully saturated rings. The maximum Gasteiger partial charge on any atom is 0.328 e. The Balaban J connectivity index is 0.000000300. The first-order valence-corrected chi connectivity index (χ1v) is 9.01. The third kappa shape index (κ3) is 6.75.